The second-order valence-corrected chi connectivity index (χ2v) is 4.39. The molecular formula is C13H17FN4O2. The maximum Gasteiger partial charge on any atom is 0.242 e. The number of ether oxygens (including phenoxy) is 1. The van der Waals surface area contributed by atoms with Gasteiger partial charge in [-0.05, 0) is 13.8 Å². The van der Waals surface area contributed by atoms with Crippen molar-refractivity contribution < 1.29 is 13.9 Å². The maximum atomic E-state index is 13.6. The maximum absolute atomic E-state index is 13.6. The van der Waals surface area contributed by atoms with Crippen molar-refractivity contribution in [1.29, 1.82) is 0 Å². The van der Waals surface area contributed by atoms with Gasteiger partial charge in [-0.15, -0.1) is 0 Å². The molecule has 0 saturated carbocycles. The quantitative estimate of drug-likeness (QED) is 0.888. The zero-order valence-corrected chi connectivity index (χ0v) is 11.6. The van der Waals surface area contributed by atoms with Crippen LogP contribution in [-0.4, -0.2) is 29.1 Å². The highest BCUT2D eigenvalue weighted by Gasteiger charge is 2.21. The van der Waals surface area contributed by atoms with E-state index in [1.165, 1.54) is 19.2 Å². The number of hydrogen-bond acceptors (Lipinski definition) is 4. The third kappa shape index (κ3) is 2.26. The molecule has 2 aromatic rings. The van der Waals surface area contributed by atoms with E-state index in [1.54, 1.807) is 11.5 Å². The smallest absolute Gasteiger partial charge is 0.242 e. The first-order valence-corrected chi connectivity index (χ1v) is 6.28. The van der Waals surface area contributed by atoms with Crippen LogP contribution in [0.1, 0.15) is 19.9 Å². The molecule has 0 spiro atoms. The molecule has 1 atom stereocenters. The van der Waals surface area contributed by atoms with Crippen molar-refractivity contribution >= 4 is 22.9 Å². The summed E-state index contributed by atoms with van der Waals surface area (Å²) >= 11 is 0. The van der Waals surface area contributed by atoms with Crippen LogP contribution in [0.25, 0.3) is 11.0 Å². The number of likely N-dealkylation sites (N-methyl/N-ethyl adjacent to an activating group) is 1. The molecule has 1 amide bonds. The predicted octanol–water partition coefficient (Wildman–Crippen LogP) is 1.46. The minimum Gasteiger partial charge on any atom is -0.494 e. The van der Waals surface area contributed by atoms with Crippen molar-refractivity contribution in [3.8, 4) is 5.75 Å². The normalized spacial score (nSPS) is 12.4. The molecule has 1 aromatic heterocycles. The zero-order chi connectivity index (χ0) is 14.9. The molecule has 0 bridgehead atoms. The molecular weight excluding hydrogens is 263 g/mol. The summed E-state index contributed by atoms with van der Waals surface area (Å²) in [4.78, 5) is 16.0. The molecule has 0 radical (unpaired) electrons. The Balaban J connectivity index is 2.57. The largest absolute Gasteiger partial charge is 0.494 e. The highest BCUT2D eigenvalue weighted by molar-refractivity contribution is 5.86. The molecule has 3 N–H and O–H groups in total. The fourth-order valence-electron chi connectivity index (χ4n) is 2.12. The number of nitrogen functional groups attached to an aromatic ring is 1. The SMILES string of the molecule is CCNC(=O)C(C)n1c(N)nc2cc(F)c(OC)cc21. The number of imidazole rings is 1. The summed E-state index contributed by atoms with van der Waals surface area (Å²) in [7, 11) is 1.38. The van der Waals surface area contributed by atoms with Crippen LogP contribution in [-0.2, 0) is 4.79 Å². The average Bonchev–Trinajstić information content (AvgIpc) is 2.72. The molecule has 2 rings (SSSR count). The Bertz CT molecular complexity index is 653. The van der Waals surface area contributed by atoms with E-state index in [4.69, 9.17) is 10.5 Å². The van der Waals surface area contributed by atoms with Gasteiger partial charge in [0.1, 0.15) is 6.04 Å². The summed E-state index contributed by atoms with van der Waals surface area (Å²) < 4.78 is 20.2. The number of aromatic nitrogens is 2. The Labute approximate surface area is 115 Å². The number of fused-ring (bicyclic) bond motifs is 1. The molecule has 1 heterocycles. The minimum absolute atomic E-state index is 0.0850. The Morgan fingerprint density at radius 1 is 1.60 bits per heavy atom. The van der Waals surface area contributed by atoms with Crippen molar-refractivity contribution in [3.05, 3.63) is 17.9 Å². The van der Waals surface area contributed by atoms with E-state index < -0.39 is 11.9 Å². The fraction of sp³-hybridized carbons (Fsp3) is 0.385. The number of halogens is 1. The van der Waals surface area contributed by atoms with E-state index in [9.17, 15) is 9.18 Å². The van der Waals surface area contributed by atoms with Gasteiger partial charge in [0.15, 0.2) is 11.6 Å². The van der Waals surface area contributed by atoms with Crippen molar-refractivity contribution in [2.45, 2.75) is 19.9 Å². The third-order valence-electron chi connectivity index (χ3n) is 3.11. The van der Waals surface area contributed by atoms with Crippen LogP contribution in [0.4, 0.5) is 10.3 Å². The molecule has 20 heavy (non-hydrogen) atoms. The molecule has 0 fully saturated rings. The molecule has 108 valence electrons. The van der Waals surface area contributed by atoms with E-state index in [0.29, 0.717) is 17.6 Å². The van der Waals surface area contributed by atoms with Crippen LogP contribution in [0.15, 0.2) is 12.1 Å². The Morgan fingerprint density at radius 2 is 2.30 bits per heavy atom. The molecule has 7 heteroatoms. The zero-order valence-electron chi connectivity index (χ0n) is 11.6. The first kappa shape index (κ1) is 14.1. The second kappa shape index (κ2) is 5.36. The molecule has 0 aliphatic rings. The van der Waals surface area contributed by atoms with E-state index in [2.05, 4.69) is 10.3 Å². The minimum atomic E-state index is -0.546. The van der Waals surface area contributed by atoms with Crippen molar-refractivity contribution in [2.24, 2.45) is 0 Å². The number of hydrogen-bond donors (Lipinski definition) is 2. The number of nitrogens with zero attached hydrogens (tertiary/aromatic N) is 2. The summed E-state index contributed by atoms with van der Waals surface area (Å²) in [6.45, 7) is 4.06. The van der Waals surface area contributed by atoms with Gasteiger partial charge < -0.3 is 15.8 Å². The number of nitrogens with two attached hydrogens (primary N) is 1. The lowest BCUT2D eigenvalue weighted by Crippen LogP contribution is -2.31. The van der Waals surface area contributed by atoms with Gasteiger partial charge in [0.2, 0.25) is 11.9 Å². The van der Waals surface area contributed by atoms with Gasteiger partial charge >= 0.3 is 0 Å². The second-order valence-electron chi connectivity index (χ2n) is 4.39. The number of carbonyl (C=O) groups is 1. The molecule has 0 aliphatic carbocycles. The lowest BCUT2D eigenvalue weighted by Gasteiger charge is -2.15. The Hall–Kier alpha value is -2.31. The van der Waals surface area contributed by atoms with E-state index in [1.807, 2.05) is 6.92 Å². The van der Waals surface area contributed by atoms with Crippen LogP contribution in [0.2, 0.25) is 0 Å². The number of carbonyl (C=O) groups excluding carboxylic acids is 1. The van der Waals surface area contributed by atoms with E-state index in [0.717, 1.165) is 0 Å². The fourth-order valence-corrected chi connectivity index (χ4v) is 2.12. The van der Waals surface area contributed by atoms with Gasteiger partial charge in [0.05, 0.1) is 18.1 Å². The Kier molecular flexibility index (Phi) is 3.78. The predicted molar refractivity (Wildman–Crippen MR) is 74.1 cm³/mol. The average molecular weight is 280 g/mol. The number of methoxy groups -OCH3 is 1. The van der Waals surface area contributed by atoms with E-state index >= 15 is 0 Å². The van der Waals surface area contributed by atoms with Crippen LogP contribution >= 0.6 is 0 Å². The Morgan fingerprint density at radius 3 is 2.90 bits per heavy atom. The highest BCUT2D eigenvalue weighted by atomic mass is 19.1. The van der Waals surface area contributed by atoms with Crippen LogP contribution in [0.3, 0.4) is 0 Å². The van der Waals surface area contributed by atoms with Gasteiger partial charge in [0.25, 0.3) is 0 Å². The number of nitrogens with one attached hydrogen (secondary N) is 1. The number of anilines is 1. The summed E-state index contributed by atoms with van der Waals surface area (Å²) in [5.41, 5.74) is 6.78. The monoisotopic (exact) mass is 280 g/mol. The number of benzene rings is 1. The standard InChI is InChI=1S/C13H17FN4O2/c1-4-16-12(19)7(2)18-10-6-11(20-3)8(14)5-9(10)17-13(18)15/h5-7H,4H2,1-3H3,(H2,15,17)(H,16,19). The van der Waals surface area contributed by atoms with Crippen molar-refractivity contribution in [1.82, 2.24) is 14.9 Å². The van der Waals surface area contributed by atoms with Gasteiger partial charge in [-0.1, -0.05) is 0 Å². The lowest BCUT2D eigenvalue weighted by atomic mass is 10.2. The van der Waals surface area contributed by atoms with Crippen molar-refractivity contribution in [2.75, 3.05) is 19.4 Å². The molecule has 1 aromatic carbocycles. The topological polar surface area (TPSA) is 82.2 Å². The van der Waals surface area contributed by atoms with Gasteiger partial charge in [-0.2, -0.15) is 0 Å². The van der Waals surface area contributed by atoms with Crippen LogP contribution < -0.4 is 15.8 Å². The van der Waals surface area contributed by atoms with Crippen molar-refractivity contribution in [3.63, 3.8) is 0 Å². The van der Waals surface area contributed by atoms with Crippen LogP contribution in [0.5, 0.6) is 5.75 Å². The molecule has 1 unspecified atom stereocenters. The highest BCUT2D eigenvalue weighted by Crippen LogP contribution is 2.28. The first-order chi connectivity index (χ1) is 9.49. The third-order valence-corrected chi connectivity index (χ3v) is 3.11. The number of amides is 1. The van der Waals surface area contributed by atoms with Gasteiger partial charge in [-0.25, -0.2) is 9.37 Å². The summed E-state index contributed by atoms with van der Waals surface area (Å²) in [6.07, 6.45) is 0. The first-order valence-electron chi connectivity index (χ1n) is 6.28. The van der Waals surface area contributed by atoms with E-state index in [-0.39, 0.29) is 17.6 Å². The van der Waals surface area contributed by atoms with Gasteiger partial charge in [0, 0.05) is 18.7 Å². The molecule has 6 nitrogen and oxygen atoms in total. The number of rotatable bonds is 4. The summed E-state index contributed by atoms with van der Waals surface area (Å²) in [5, 5.41) is 2.72. The molecule has 0 aliphatic heterocycles. The van der Waals surface area contributed by atoms with Crippen LogP contribution in [0, 0.1) is 5.82 Å². The summed E-state index contributed by atoms with van der Waals surface area (Å²) in [6, 6.07) is 2.19. The molecule has 0 saturated heterocycles. The van der Waals surface area contributed by atoms with Gasteiger partial charge in [-0.3, -0.25) is 9.36 Å². The summed E-state index contributed by atoms with van der Waals surface area (Å²) in [5.74, 6) is -0.453. The lowest BCUT2D eigenvalue weighted by molar-refractivity contribution is -0.123.